The van der Waals surface area contributed by atoms with Gasteiger partial charge in [0, 0.05) is 31.7 Å². The molecule has 2 unspecified atom stereocenters. The van der Waals surface area contributed by atoms with E-state index in [1.54, 1.807) is 0 Å². The number of carbonyl (C=O) groups is 1. The molecule has 0 aromatic heterocycles. The van der Waals surface area contributed by atoms with Gasteiger partial charge in [-0.2, -0.15) is 0 Å². The topological polar surface area (TPSA) is 44.4 Å². The average molecular weight is 241 g/mol. The molecular formula is C13H27N3O. The van der Waals surface area contributed by atoms with Crippen molar-refractivity contribution in [3.8, 4) is 0 Å². The number of amides is 1. The Morgan fingerprint density at radius 2 is 2.12 bits per heavy atom. The van der Waals surface area contributed by atoms with Crippen molar-refractivity contribution in [3.63, 3.8) is 0 Å². The summed E-state index contributed by atoms with van der Waals surface area (Å²) in [6, 6.07) is 0.738. The summed E-state index contributed by atoms with van der Waals surface area (Å²) in [5.41, 5.74) is 0. The zero-order valence-electron chi connectivity index (χ0n) is 11.6. The summed E-state index contributed by atoms with van der Waals surface area (Å²) in [5.74, 6) is 0.174. The molecule has 1 aliphatic rings. The quantitative estimate of drug-likeness (QED) is 0.754. The maximum absolute atomic E-state index is 12.1. The standard InChI is InChI=1S/C13H27N3O/c1-5-12(6-2)15-13(17)11(4)16-8-7-14-9-10(16)3/h10-12,14H,5-9H2,1-4H3,(H,15,17). The fourth-order valence-corrected chi connectivity index (χ4v) is 2.40. The van der Waals surface area contributed by atoms with Crippen LogP contribution in [-0.4, -0.2) is 48.6 Å². The van der Waals surface area contributed by atoms with Gasteiger partial charge < -0.3 is 10.6 Å². The molecule has 2 atom stereocenters. The third-order valence-corrected chi connectivity index (χ3v) is 3.76. The van der Waals surface area contributed by atoms with Crippen LogP contribution in [0.25, 0.3) is 0 Å². The van der Waals surface area contributed by atoms with E-state index in [1.165, 1.54) is 0 Å². The zero-order chi connectivity index (χ0) is 12.8. The molecule has 1 fully saturated rings. The van der Waals surface area contributed by atoms with Crippen LogP contribution in [0.2, 0.25) is 0 Å². The fourth-order valence-electron chi connectivity index (χ4n) is 2.40. The van der Waals surface area contributed by atoms with E-state index in [0.29, 0.717) is 12.1 Å². The summed E-state index contributed by atoms with van der Waals surface area (Å²) >= 11 is 0. The summed E-state index contributed by atoms with van der Waals surface area (Å²) in [6.45, 7) is 11.3. The van der Waals surface area contributed by atoms with Gasteiger partial charge in [-0.15, -0.1) is 0 Å². The Bertz CT molecular complexity index is 241. The van der Waals surface area contributed by atoms with Gasteiger partial charge in [0.25, 0.3) is 0 Å². The molecule has 17 heavy (non-hydrogen) atoms. The molecule has 0 radical (unpaired) electrons. The van der Waals surface area contributed by atoms with Gasteiger partial charge in [-0.1, -0.05) is 13.8 Å². The number of piperazine rings is 1. The van der Waals surface area contributed by atoms with Crippen LogP contribution in [0.5, 0.6) is 0 Å². The number of nitrogens with one attached hydrogen (secondary N) is 2. The normalized spacial score (nSPS) is 23.7. The van der Waals surface area contributed by atoms with Gasteiger partial charge >= 0.3 is 0 Å². The van der Waals surface area contributed by atoms with Gasteiger partial charge in [0.1, 0.15) is 0 Å². The highest BCUT2D eigenvalue weighted by Gasteiger charge is 2.28. The lowest BCUT2D eigenvalue weighted by Crippen LogP contribution is -2.57. The minimum absolute atomic E-state index is 0.0206. The zero-order valence-corrected chi connectivity index (χ0v) is 11.6. The highest BCUT2D eigenvalue weighted by Crippen LogP contribution is 2.09. The number of hydrogen-bond donors (Lipinski definition) is 2. The maximum atomic E-state index is 12.1. The van der Waals surface area contributed by atoms with Crippen LogP contribution in [0.4, 0.5) is 0 Å². The third kappa shape index (κ3) is 3.96. The van der Waals surface area contributed by atoms with Gasteiger partial charge in [0.15, 0.2) is 0 Å². The van der Waals surface area contributed by atoms with E-state index in [4.69, 9.17) is 0 Å². The Balaban J connectivity index is 2.49. The lowest BCUT2D eigenvalue weighted by Gasteiger charge is -2.38. The van der Waals surface area contributed by atoms with Crippen molar-refractivity contribution >= 4 is 5.91 Å². The monoisotopic (exact) mass is 241 g/mol. The van der Waals surface area contributed by atoms with Crippen molar-refractivity contribution in [2.45, 2.75) is 58.7 Å². The summed E-state index contributed by atoms with van der Waals surface area (Å²) < 4.78 is 0. The minimum atomic E-state index is -0.0206. The molecular weight excluding hydrogens is 214 g/mol. The molecule has 1 aliphatic heterocycles. The molecule has 1 heterocycles. The first kappa shape index (κ1) is 14.5. The Hall–Kier alpha value is -0.610. The van der Waals surface area contributed by atoms with Gasteiger partial charge in [0.05, 0.1) is 6.04 Å². The highest BCUT2D eigenvalue weighted by molar-refractivity contribution is 5.81. The van der Waals surface area contributed by atoms with Crippen LogP contribution in [0, 0.1) is 0 Å². The van der Waals surface area contributed by atoms with Gasteiger partial charge in [0.2, 0.25) is 5.91 Å². The first-order valence-corrected chi connectivity index (χ1v) is 6.86. The molecule has 4 nitrogen and oxygen atoms in total. The second-order valence-electron chi connectivity index (χ2n) is 4.99. The van der Waals surface area contributed by atoms with Crippen LogP contribution in [-0.2, 0) is 4.79 Å². The lowest BCUT2D eigenvalue weighted by molar-refractivity contribution is -0.127. The van der Waals surface area contributed by atoms with E-state index in [0.717, 1.165) is 32.5 Å². The molecule has 0 bridgehead atoms. The second kappa shape index (κ2) is 6.97. The summed E-state index contributed by atoms with van der Waals surface area (Å²) in [5, 5.41) is 6.48. The van der Waals surface area contributed by atoms with Gasteiger partial charge in [-0.25, -0.2) is 0 Å². The Morgan fingerprint density at radius 3 is 2.65 bits per heavy atom. The number of carbonyl (C=O) groups excluding carboxylic acids is 1. The number of hydrogen-bond acceptors (Lipinski definition) is 3. The molecule has 2 N–H and O–H groups in total. The van der Waals surface area contributed by atoms with Crippen molar-refractivity contribution in [3.05, 3.63) is 0 Å². The maximum Gasteiger partial charge on any atom is 0.237 e. The highest BCUT2D eigenvalue weighted by atomic mass is 16.2. The minimum Gasteiger partial charge on any atom is -0.352 e. The van der Waals surface area contributed by atoms with E-state index >= 15 is 0 Å². The van der Waals surface area contributed by atoms with E-state index < -0.39 is 0 Å². The van der Waals surface area contributed by atoms with Gasteiger partial charge in [-0.05, 0) is 26.7 Å². The van der Waals surface area contributed by atoms with Crippen molar-refractivity contribution < 1.29 is 4.79 Å². The Kier molecular flexibility index (Phi) is 5.92. The predicted molar refractivity (Wildman–Crippen MR) is 71.0 cm³/mol. The Labute approximate surface area is 105 Å². The smallest absolute Gasteiger partial charge is 0.237 e. The SMILES string of the molecule is CCC(CC)NC(=O)C(C)N1CCNCC1C. The average Bonchev–Trinajstić information content (AvgIpc) is 2.35. The largest absolute Gasteiger partial charge is 0.352 e. The number of rotatable bonds is 5. The van der Waals surface area contributed by atoms with Crippen molar-refractivity contribution in [2.75, 3.05) is 19.6 Å². The van der Waals surface area contributed by atoms with Crippen LogP contribution in [0.15, 0.2) is 0 Å². The van der Waals surface area contributed by atoms with Crippen molar-refractivity contribution in [2.24, 2.45) is 0 Å². The predicted octanol–water partition coefficient (Wildman–Crippen LogP) is 0.973. The summed E-state index contributed by atoms with van der Waals surface area (Å²) in [4.78, 5) is 14.4. The molecule has 0 aromatic carbocycles. The summed E-state index contributed by atoms with van der Waals surface area (Å²) in [7, 11) is 0. The van der Waals surface area contributed by atoms with E-state index in [9.17, 15) is 4.79 Å². The Morgan fingerprint density at radius 1 is 1.47 bits per heavy atom. The lowest BCUT2D eigenvalue weighted by atomic mass is 10.1. The number of nitrogens with zero attached hydrogens (tertiary/aromatic N) is 1. The van der Waals surface area contributed by atoms with Crippen molar-refractivity contribution in [1.82, 2.24) is 15.5 Å². The third-order valence-electron chi connectivity index (χ3n) is 3.76. The van der Waals surface area contributed by atoms with E-state index in [2.05, 4.69) is 36.3 Å². The van der Waals surface area contributed by atoms with Crippen LogP contribution < -0.4 is 10.6 Å². The second-order valence-corrected chi connectivity index (χ2v) is 4.99. The first-order chi connectivity index (χ1) is 8.10. The molecule has 0 spiro atoms. The van der Waals surface area contributed by atoms with Crippen LogP contribution in [0.3, 0.4) is 0 Å². The molecule has 0 aromatic rings. The molecule has 4 heteroatoms. The van der Waals surface area contributed by atoms with Gasteiger partial charge in [-0.3, -0.25) is 9.69 Å². The van der Waals surface area contributed by atoms with E-state index in [1.807, 2.05) is 6.92 Å². The molecule has 1 saturated heterocycles. The summed E-state index contributed by atoms with van der Waals surface area (Å²) in [6.07, 6.45) is 2.01. The fraction of sp³-hybridized carbons (Fsp3) is 0.923. The molecule has 1 amide bonds. The molecule has 0 saturated carbocycles. The first-order valence-electron chi connectivity index (χ1n) is 6.86. The molecule has 100 valence electrons. The van der Waals surface area contributed by atoms with Crippen molar-refractivity contribution in [1.29, 1.82) is 0 Å². The molecule has 0 aliphatic carbocycles. The van der Waals surface area contributed by atoms with Crippen LogP contribution in [0.1, 0.15) is 40.5 Å². The van der Waals surface area contributed by atoms with E-state index in [-0.39, 0.29) is 11.9 Å². The molecule has 1 rings (SSSR count). The van der Waals surface area contributed by atoms with Crippen LogP contribution >= 0.6 is 0 Å².